The SMILES string of the molecule is Cc1ccc([S@](=O)[C@@H](CC(C)(C)C)[C@H](O)c2ccccc2)cc1. The van der Waals surface area contributed by atoms with Gasteiger partial charge in [0.1, 0.15) is 0 Å². The normalized spacial score (nSPS) is 15.9. The van der Waals surface area contributed by atoms with Crippen LogP contribution >= 0.6 is 0 Å². The molecule has 0 bridgehead atoms. The first-order chi connectivity index (χ1) is 10.8. The van der Waals surface area contributed by atoms with Gasteiger partial charge in [0.05, 0.1) is 22.2 Å². The third-order valence-electron chi connectivity index (χ3n) is 3.84. The highest BCUT2D eigenvalue weighted by atomic mass is 32.2. The van der Waals surface area contributed by atoms with Crippen LogP contribution in [0.3, 0.4) is 0 Å². The Morgan fingerprint density at radius 1 is 1.00 bits per heavy atom. The highest BCUT2D eigenvalue weighted by Gasteiger charge is 2.31. The molecule has 0 aromatic heterocycles. The molecule has 0 aliphatic carbocycles. The average molecular weight is 330 g/mol. The smallest absolute Gasteiger partial charge is 0.0937 e. The Morgan fingerprint density at radius 2 is 1.57 bits per heavy atom. The molecular weight excluding hydrogens is 304 g/mol. The summed E-state index contributed by atoms with van der Waals surface area (Å²) < 4.78 is 13.1. The van der Waals surface area contributed by atoms with E-state index in [2.05, 4.69) is 20.8 Å². The molecule has 0 unspecified atom stereocenters. The fourth-order valence-corrected chi connectivity index (χ4v) is 4.42. The maximum atomic E-state index is 13.1. The molecule has 0 radical (unpaired) electrons. The lowest BCUT2D eigenvalue weighted by atomic mass is 9.87. The zero-order valence-electron chi connectivity index (χ0n) is 14.3. The second-order valence-electron chi connectivity index (χ2n) is 7.27. The molecule has 2 rings (SSSR count). The molecular formula is C20H26O2S. The van der Waals surface area contributed by atoms with Crippen LogP contribution in [-0.2, 0) is 10.8 Å². The van der Waals surface area contributed by atoms with E-state index >= 15 is 0 Å². The quantitative estimate of drug-likeness (QED) is 0.867. The van der Waals surface area contributed by atoms with E-state index in [1.54, 1.807) is 0 Å². The predicted octanol–water partition coefficient (Wildman–Crippen LogP) is 4.64. The van der Waals surface area contributed by atoms with Crippen LogP contribution in [0.1, 0.15) is 44.4 Å². The van der Waals surface area contributed by atoms with Gasteiger partial charge in [0.25, 0.3) is 0 Å². The molecule has 0 fully saturated rings. The Labute approximate surface area is 142 Å². The first-order valence-corrected chi connectivity index (χ1v) is 9.19. The molecule has 2 aromatic carbocycles. The number of rotatable bonds is 5. The summed E-state index contributed by atoms with van der Waals surface area (Å²) >= 11 is 0. The molecule has 3 heteroatoms. The summed E-state index contributed by atoms with van der Waals surface area (Å²) in [7, 11) is -1.26. The van der Waals surface area contributed by atoms with E-state index in [1.165, 1.54) is 0 Å². The molecule has 1 N–H and O–H groups in total. The van der Waals surface area contributed by atoms with Gasteiger partial charge in [-0.3, -0.25) is 4.21 Å². The van der Waals surface area contributed by atoms with Crippen molar-refractivity contribution in [1.29, 1.82) is 0 Å². The summed E-state index contributed by atoms with van der Waals surface area (Å²) in [6.45, 7) is 8.36. The van der Waals surface area contributed by atoms with Gasteiger partial charge in [-0.15, -0.1) is 0 Å². The van der Waals surface area contributed by atoms with Crippen molar-refractivity contribution in [2.45, 2.75) is 50.4 Å². The van der Waals surface area contributed by atoms with E-state index in [0.717, 1.165) is 16.0 Å². The number of hydrogen-bond donors (Lipinski definition) is 1. The van der Waals surface area contributed by atoms with Gasteiger partial charge in [-0.1, -0.05) is 68.8 Å². The lowest BCUT2D eigenvalue weighted by Crippen LogP contribution is -2.29. The fraction of sp³-hybridized carbons (Fsp3) is 0.400. The van der Waals surface area contributed by atoms with Crippen LogP contribution in [0, 0.1) is 12.3 Å². The van der Waals surface area contributed by atoms with E-state index < -0.39 is 16.9 Å². The molecule has 0 saturated carbocycles. The summed E-state index contributed by atoms with van der Waals surface area (Å²) in [5.74, 6) is 0. The van der Waals surface area contributed by atoms with Crippen LogP contribution in [0.15, 0.2) is 59.5 Å². The largest absolute Gasteiger partial charge is 0.387 e. The first-order valence-electron chi connectivity index (χ1n) is 7.98. The van der Waals surface area contributed by atoms with E-state index in [1.807, 2.05) is 61.5 Å². The second-order valence-corrected chi connectivity index (χ2v) is 8.94. The number of benzene rings is 2. The Hall–Kier alpha value is -1.45. The van der Waals surface area contributed by atoms with Crippen LogP contribution in [-0.4, -0.2) is 14.6 Å². The molecule has 0 spiro atoms. The maximum absolute atomic E-state index is 13.1. The zero-order valence-corrected chi connectivity index (χ0v) is 15.1. The van der Waals surface area contributed by atoms with Crippen molar-refractivity contribution in [2.24, 2.45) is 5.41 Å². The van der Waals surface area contributed by atoms with Crippen molar-refractivity contribution >= 4 is 10.8 Å². The third-order valence-corrected chi connectivity index (χ3v) is 5.55. The molecule has 0 saturated heterocycles. The van der Waals surface area contributed by atoms with Gasteiger partial charge >= 0.3 is 0 Å². The lowest BCUT2D eigenvalue weighted by molar-refractivity contribution is 0.153. The Kier molecular flexibility index (Phi) is 5.77. The summed E-state index contributed by atoms with van der Waals surface area (Å²) in [5, 5.41) is 10.5. The summed E-state index contributed by atoms with van der Waals surface area (Å²) in [6, 6.07) is 17.3. The van der Waals surface area contributed by atoms with Gasteiger partial charge in [-0.25, -0.2) is 0 Å². The van der Waals surface area contributed by atoms with Gasteiger partial charge < -0.3 is 5.11 Å². The number of aryl methyl sites for hydroxylation is 1. The summed E-state index contributed by atoms with van der Waals surface area (Å²) in [4.78, 5) is 0.778. The van der Waals surface area contributed by atoms with Crippen molar-refractivity contribution in [3.8, 4) is 0 Å². The second kappa shape index (κ2) is 7.41. The van der Waals surface area contributed by atoms with Gasteiger partial charge in [-0.2, -0.15) is 0 Å². The van der Waals surface area contributed by atoms with Crippen molar-refractivity contribution in [3.05, 3.63) is 65.7 Å². The standard InChI is InChI=1S/C20H26O2S/c1-15-10-12-17(13-11-15)23(22)18(14-20(2,3)4)19(21)16-8-6-5-7-9-16/h5-13,18-19,21H,14H2,1-4H3/t18-,19+,23-/m0/s1. The molecule has 0 amide bonds. The van der Waals surface area contributed by atoms with Crippen LogP contribution in [0.5, 0.6) is 0 Å². The third kappa shape index (κ3) is 5.02. The zero-order chi connectivity index (χ0) is 17.0. The summed E-state index contributed by atoms with van der Waals surface area (Å²) in [6.07, 6.45) is -0.0543. The van der Waals surface area contributed by atoms with Crippen LogP contribution < -0.4 is 0 Å². The first kappa shape index (κ1) is 17.9. The molecule has 0 aliphatic heterocycles. The van der Waals surface area contributed by atoms with E-state index in [9.17, 15) is 9.32 Å². The lowest BCUT2D eigenvalue weighted by Gasteiger charge is -2.29. The Balaban J connectivity index is 2.33. The van der Waals surface area contributed by atoms with Crippen molar-refractivity contribution in [1.82, 2.24) is 0 Å². The molecule has 2 aromatic rings. The van der Waals surface area contributed by atoms with Gasteiger partial charge in [-0.05, 0) is 36.5 Å². The molecule has 23 heavy (non-hydrogen) atoms. The average Bonchev–Trinajstić information content (AvgIpc) is 2.52. The minimum Gasteiger partial charge on any atom is -0.387 e. The van der Waals surface area contributed by atoms with E-state index in [4.69, 9.17) is 0 Å². The van der Waals surface area contributed by atoms with Crippen LogP contribution in [0.2, 0.25) is 0 Å². The van der Waals surface area contributed by atoms with E-state index in [0.29, 0.717) is 6.42 Å². The van der Waals surface area contributed by atoms with Gasteiger partial charge in [0.15, 0.2) is 0 Å². The van der Waals surface area contributed by atoms with Crippen molar-refractivity contribution in [3.63, 3.8) is 0 Å². The molecule has 2 nitrogen and oxygen atoms in total. The van der Waals surface area contributed by atoms with Gasteiger partial charge in [0, 0.05) is 4.90 Å². The van der Waals surface area contributed by atoms with Crippen LogP contribution in [0.25, 0.3) is 0 Å². The molecule has 3 atom stereocenters. The highest BCUT2D eigenvalue weighted by Crippen LogP contribution is 2.33. The maximum Gasteiger partial charge on any atom is 0.0937 e. The minimum absolute atomic E-state index is 0.0131. The minimum atomic E-state index is -1.26. The van der Waals surface area contributed by atoms with Crippen molar-refractivity contribution in [2.75, 3.05) is 0 Å². The molecule has 0 aliphatic rings. The Morgan fingerprint density at radius 3 is 2.09 bits per heavy atom. The number of aliphatic hydroxyl groups is 1. The fourth-order valence-electron chi connectivity index (χ4n) is 2.62. The topological polar surface area (TPSA) is 37.3 Å². The number of aliphatic hydroxyl groups excluding tert-OH is 1. The molecule has 0 heterocycles. The van der Waals surface area contributed by atoms with Crippen molar-refractivity contribution < 1.29 is 9.32 Å². The summed E-state index contributed by atoms with van der Waals surface area (Å²) in [5.41, 5.74) is 1.95. The van der Waals surface area contributed by atoms with Gasteiger partial charge in [0.2, 0.25) is 0 Å². The monoisotopic (exact) mass is 330 g/mol. The number of hydrogen-bond acceptors (Lipinski definition) is 2. The van der Waals surface area contributed by atoms with Crippen LogP contribution in [0.4, 0.5) is 0 Å². The van der Waals surface area contributed by atoms with E-state index in [-0.39, 0.29) is 10.7 Å². The predicted molar refractivity (Wildman–Crippen MR) is 96.8 cm³/mol. The Bertz CT molecular complexity index is 642. The molecule has 124 valence electrons. The highest BCUT2D eigenvalue weighted by molar-refractivity contribution is 7.85.